The van der Waals surface area contributed by atoms with E-state index in [0.717, 1.165) is 37.2 Å². The van der Waals surface area contributed by atoms with Crippen LogP contribution in [0.15, 0.2) is 54.6 Å². The van der Waals surface area contributed by atoms with Crippen LogP contribution >= 0.6 is 0 Å². The molecule has 2 aromatic carbocycles. The zero-order valence-corrected chi connectivity index (χ0v) is 18.3. The maximum atomic E-state index is 6.69. The molecule has 0 bridgehead atoms. The summed E-state index contributed by atoms with van der Waals surface area (Å²) in [6, 6.07) is 18.4. The molecular weight excluding hydrogens is 362 g/mol. The third-order valence-corrected chi connectivity index (χ3v) is 6.57. The zero-order valence-electron chi connectivity index (χ0n) is 18.3. The highest BCUT2D eigenvalue weighted by Crippen LogP contribution is 2.54. The van der Waals surface area contributed by atoms with Gasteiger partial charge in [-0.25, -0.2) is 0 Å². The van der Waals surface area contributed by atoms with Crippen molar-refractivity contribution in [3.63, 3.8) is 0 Å². The standard InChI is InChI=1S/C25H33NO3/c1-6-24(7-2)18-25(27-21-15-11-12-16-22(21)28-25)17-23(4,5)26(24)29-19(3)20-13-9-8-10-14-20/h8-16,19H,6-7,17-18H2,1-5H3. The molecule has 1 saturated heterocycles. The molecule has 0 saturated carbocycles. The third kappa shape index (κ3) is 3.53. The van der Waals surface area contributed by atoms with Gasteiger partial charge in [0.25, 0.3) is 5.79 Å². The minimum absolute atomic E-state index is 0.0235. The smallest absolute Gasteiger partial charge is 0.255 e. The van der Waals surface area contributed by atoms with Crippen molar-refractivity contribution >= 4 is 0 Å². The quantitative estimate of drug-likeness (QED) is 0.596. The third-order valence-electron chi connectivity index (χ3n) is 6.57. The van der Waals surface area contributed by atoms with Crippen molar-refractivity contribution in [1.82, 2.24) is 5.06 Å². The second-order valence-corrected chi connectivity index (χ2v) is 9.11. The maximum absolute atomic E-state index is 6.69. The minimum atomic E-state index is -0.644. The van der Waals surface area contributed by atoms with Crippen molar-refractivity contribution in [3.8, 4) is 11.5 Å². The van der Waals surface area contributed by atoms with Crippen LogP contribution in [-0.4, -0.2) is 21.9 Å². The van der Waals surface area contributed by atoms with E-state index in [0.29, 0.717) is 0 Å². The Morgan fingerprint density at radius 1 is 0.897 bits per heavy atom. The van der Waals surface area contributed by atoms with Crippen LogP contribution in [0.1, 0.15) is 72.0 Å². The molecule has 1 spiro atoms. The summed E-state index contributed by atoms with van der Waals surface area (Å²) in [5.41, 5.74) is 0.757. The molecule has 1 fully saturated rings. The van der Waals surface area contributed by atoms with E-state index in [2.05, 4.69) is 63.9 Å². The van der Waals surface area contributed by atoms with E-state index in [9.17, 15) is 0 Å². The predicted molar refractivity (Wildman–Crippen MR) is 115 cm³/mol. The van der Waals surface area contributed by atoms with E-state index < -0.39 is 5.79 Å². The summed E-state index contributed by atoms with van der Waals surface area (Å²) in [6.07, 6.45) is 3.40. The molecule has 0 aromatic heterocycles. The lowest BCUT2D eigenvalue weighted by molar-refractivity contribution is -0.346. The summed E-state index contributed by atoms with van der Waals surface area (Å²) in [5, 5.41) is 2.26. The minimum Gasteiger partial charge on any atom is -0.448 e. The van der Waals surface area contributed by atoms with Crippen molar-refractivity contribution < 1.29 is 14.3 Å². The predicted octanol–water partition coefficient (Wildman–Crippen LogP) is 6.28. The van der Waals surface area contributed by atoms with Crippen LogP contribution in [0.3, 0.4) is 0 Å². The summed E-state index contributed by atoms with van der Waals surface area (Å²) >= 11 is 0. The molecule has 29 heavy (non-hydrogen) atoms. The Kier molecular flexibility index (Phi) is 5.12. The van der Waals surface area contributed by atoms with Gasteiger partial charge in [0, 0.05) is 18.4 Å². The summed E-state index contributed by atoms with van der Waals surface area (Å²) in [5.74, 6) is 1.04. The number of benzene rings is 2. The molecule has 0 N–H and O–H groups in total. The van der Waals surface area contributed by atoms with Gasteiger partial charge in [0.2, 0.25) is 0 Å². The monoisotopic (exact) mass is 395 g/mol. The van der Waals surface area contributed by atoms with Crippen LogP contribution < -0.4 is 9.47 Å². The Morgan fingerprint density at radius 2 is 1.45 bits per heavy atom. The molecule has 1 unspecified atom stereocenters. The van der Waals surface area contributed by atoms with Crippen molar-refractivity contribution in [2.45, 2.75) is 83.3 Å². The van der Waals surface area contributed by atoms with Crippen LogP contribution in [0.5, 0.6) is 11.5 Å². The average molecular weight is 396 g/mol. The van der Waals surface area contributed by atoms with Crippen LogP contribution in [0, 0.1) is 0 Å². The normalized spacial score (nSPS) is 22.5. The van der Waals surface area contributed by atoms with Gasteiger partial charge in [0.05, 0.1) is 5.54 Å². The lowest BCUT2D eigenvalue weighted by Gasteiger charge is -2.58. The Bertz CT molecular complexity index is 819. The number of ether oxygens (including phenoxy) is 2. The number of nitrogens with zero attached hydrogens (tertiary/aromatic N) is 1. The van der Waals surface area contributed by atoms with E-state index in [1.807, 2.05) is 30.3 Å². The molecule has 4 heteroatoms. The average Bonchev–Trinajstić information content (AvgIpc) is 3.06. The number of para-hydroxylation sites is 2. The number of hydroxylamine groups is 2. The number of hydrogen-bond donors (Lipinski definition) is 0. The first-order valence-corrected chi connectivity index (χ1v) is 10.8. The second-order valence-electron chi connectivity index (χ2n) is 9.11. The fraction of sp³-hybridized carbons (Fsp3) is 0.520. The summed E-state index contributed by atoms with van der Waals surface area (Å²) in [4.78, 5) is 6.69. The highest BCUT2D eigenvalue weighted by Gasteiger charge is 2.60. The Labute approximate surface area is 174 Å². The van der Waals surface area contributed by atoms with Gasteiger partial charge in [-0.3, -0.25) is 4.84 Å². The highest BCUT2D eigenvalue weighted by molar-refractivity contribution is 5.43. The molecular formula is C25H33NO3. The summed E-state index contributed by atoms with van der Waals surface area (Å²) in [6.45, 7) is 11.1. The van der Waals surface area contributed by atoms with Gasteiger partial charge in [-0.2, -0.15) is 5.06 Å². The van der Waals surface area contributed by atoms with Gasteiger partial charge < -0.3 is 9.47 Å². The zero-order chi connectivity index (χ0) is 20.7. The van der Waals surface area contributed by atoms with Crippen LogP contribution in [-0.2, 0) is 4.84 Å². The number of rotatable bonds is 5. The van der Waals surface area contributed by atoms with Gasteiger partial charge in [-0.1, -0.05) is 56.3 Å². The van der Waals surface area contributed by atoms with Crippen LogP contribution in [0.4, 0.5) is 0 Å². The summed E-state index contributed by atoms with van der Waals surface area (Å²) < 4.78 is 12.9. The first-order chi connectivity index (χ1) is 13.8. The summed E-state index contributed by atoms with van der Waals surface area (Å²) in [7, 11) is 0. The van der Waals surface area contributed by atoms with Crippen molar-refractivity contribution in [1.29, 1.82) is 0 Å². The maximum Gasteiger partial charge on any atom is 0.255 e. The van der Waals surface area contributed by atoms with Gasteiger partial charge in [-0.05, 0) is 51.3 Å². The van der Waals surface area contributed by atoms with Crippen molar-refractivity contribution in [2.75, 3.05) is 0 Å². The SMILES string of the molecule is CCC1(CC)CC2(CC(C)(C)N1OC(C)c1ccccc1)Oc1ccccc1O2. The molecule has 2 heterocycles. The highest BCUT2D eigenvalue weighted by atomic mass is 16.7. The molecule has 0 aliphatic carbocycles. The molecule has 2 aliphatic rings. The first kappa shape index (κ1) is 20.2. The first-order valence-electron chi connectivity index (χ1n) is 10.8. The molecule has 2 aliphatic heterocycles. The lowest BCUT2D eigenvalue weighted by Crippen LogP contribution is -2.69. The Balaban J connectivity index is 1.65. The van der Waals surface area contributed by atoms with Gasteiger partial charge in [-0.15, -0.1) is 0 Å². The van der Waals surface area contributed by atoms with E-state index in [4.69, 9.17) is 14.3 Å². The molecule has 4 nitrogen and oxygen atoms in total. The van der Waals surface area contributed by atoms with Gasteiger partial charge in [0.15, 0.2) is 11.5 Å². The number of fused-ring (bicyclic) bond motifs is 1. The van der Waals surface area contributed by atoms with E-state index in [-0.39, 0.29) is 17.2 Å². The topological polar surface area (TPSA) is 30.9 Å². The lowest BCUT2D eigenvalue weighted by atomic mass is 9.73. The molecule has 0 radical (unpaired) electrons. The van der Waals surface area contributed by atoms with Crippen LogP contribution in [0.25, 0.3) is 0 Å². The van der Waals surface area contributed by atoms with Crippen molar-refractivity contribution in [2.24, 2.45) is 0 Å². The number of piperidine rings is 1. The molecule has 1 atom stereocenters. The van der Waals surface area contributed by atoms with Crippen molar-refractivity contribution in [3.05, 3.63) is 60.2 Å². The molecule has 156 valence electrons. The number of hydrogen-bond acceptors (Lipinski definition) is 4. The van der Waals surface area contributed by atoms with Crippen LogP contribution in [0.2, 0.25) is 0 Å². The van der Waals surface area contributed by atoms with E-state index in [1.165, 1.54) is 5.56 Å². The van der Waals surface area contributed by atoms with E-state index >= 15 is 0 Å². The van der Waals surface area contributed by atoms with Gasteiger partial charge >= 0.3 is 0 Å². The largest absolute Gasteiger partial charge is 0.448 e. The Hall–Kier alpha value is -2.04. The van der Waals surface area contributed by atoms with E-state index in [1.54, 1.807) is 0 Å². The Morgan fingerprint density at radius 3 is 2.00 bits per heavy atom. The fourth-order valence-electron chi connectivity index (χ4n) is 5.18. The fourth-order valence-corrected chi connectivity index (χ4v) is 5.18. The molecule has 4 rings (SSSR count). The molecule has 2 aromatic rings. The second kappa shape index (κ2) is 7.33. The molecule has 0 amide bonds. The van der Waals surface area contributed by atoms with Gasteiger partial charge in [0.1, 0.15) is 6.10 Å².